The first-order valence-corrected chi connectivity index (χ1v) is 10.3. The molecule has 32 heavy (non-hydrogen) atoms. The monoisotopic (exact) mass is 461 g/mol. The molecule has 1 aliphatic heterocycles. The van der Waals surface area contributed by atoms with E-state index in [1.807, 2.05) is 0 Å². The van der Waals surface area contributed by atoms with Gasteiger partial charge in [-0.25, -0.2) is 0 Å². The number of carbonyl (C=O) groups excluding carboxylic acids is 2. The summed E-state index contributed by atoms with van der Waals surface area (Å²) in [5, 5.41) is 1.27. The summed E-state index contributed by atoms with van der Waals surface area (Å²) in [5.74, 6) is -0.928. The van der Waals surface area contributed by atoms with Crippen LogP contribution in [0.25, 0.3) is 10.9 Å². The molecule has 3 aromatic rings. The molecule has 1 aliphatic rings. The Balaban J connectivity index is 1.50. The molecule has 9 heteroatoms. The summed E-state index contributed by atoms with van der Waals surface area (Å²) in [6, 6.07) is 11.7. The first kappa shape index (κ1) is 22.1. The van der Waals surface area contributed by atoms with Gasteiger partial charge in [-0.1, -0.05) is 23.7 Å². The molecule has 2 heterocycles. The standard InChI is InChI=1S/C23H19ClF3N3O2/c1-14-18(13-15-12-16(24)6-7-20(15)28-14)22(32)30-10-8-29(9-11-30)21(31)17-4-2-3-5-19(17)23(25,26)27/h2-7,12-13H,8-11H2,1H3. The molecule has 2 amide bonds. The fraction of sp³-hybridized carbons (Fsp3) is 0.261. The number of rotatable bonds is 2. The van der Waals surface area contributed by atoms with Gasteiger partial charge in [0.1, 0.15) is 0 Å². The Morgan fingerprint density at radius 3 is 2.12 bits per heavy atom. The Morgan fingerprint density at radius 1 is 0.906 bits per heavy atom. The molecule has 5 nitrogen and oxygen atoms in total. The van der Waals surface area contributed by atoms with Gasteiger partial charge in [0.05, 0.1) is 27.9 Å². The summed E-state index contributed by atoms with van der Waals surface area (Å²) in [5.41, 5.74) is 0.387. The van der Waals surface area contributed by atoms with Gasteiger partial charge in [-0.05, 0) is 43.3 Å². The number of fused-ring (bicyclic) bond motifs is 1. The molecule has 0 N–H and O–H groups in total. The summed E-state index contributed by atoms with van der Waals surface area (Å²) >= 11 is 6.04. The van der Waals surface area contributed by atoms with Crippen molar-refractivity contribution >= 4 is 34.3 Å². The van der Waals surface area contributed by atoms with Crippen molar-refractivity contribution in [1.29, 1.82) is 0 Å². The van der Waals surface area contributed by atoms with Crippen LogP contribution in [0.2, 0.25) is 5.02 Å². The number of pyridine rings is 1. The van der Waals surface area contributed by atoms with Crippen LogP contribution in [0, 0.1) is 6.92 Å². The molecule has 1 saturated heterocycles. The fourth-order valence-electron chi connectivity index (χ4n) is 3.83. The number of carbonyl (C=O) groups is 2. The van der Waals surface area contributed by atoms with Gasteiger partial charge in [0.25, 0.3) is 11.8 Å². The van der Waals surface area contributed by atoms with Crippen molar-refractivity contribution < 1.29 is 22.8 Å². The van der Waals surface area contributed by atoms with E-state index in [0.29, 0.717) is 16.3 Å². The van der Waals surface area contributed by atoms with E-state index >= 15 is 0 Å². The lowest BCUT2D eigenvalue weighted by Gasteiger charge is -2.35. The van der Waals surface area contributed by atoms with Gasteiger partial charge < -0.3 is 9.80 Å². The van der Waals surface area contributed by atoms with Crippen molar-refractivity contribution in [3.63, 3.8) is 0 Å². The van der Waals surface area contributed by atoms with Gasteiger partial charge in [0, 0.05) is 36.6 Å². The molecule has 1 fully saturated rings. The summed E-state index contributed by atoms with van der Waals surface area (Å²) in [6.45, 7) is 2.46. The average molecular weight is 462 g/mol. The van der Waals surface area contributed by atoms with Crippen LogP contribution in [0.15, 0.2) is 48.5 Å². The number of piperazine rings is 1. The zero-order valence-corrected chi connectivity index (χ0v) is 17.9. The zero-order valence-electron chi connectivity index (χ0n) is 17.1. The number of alkyl halides is 3. The number of halogens is 4. The molecule has 0 radical (unpaired) electrons. The van der Waals surface area contributed by atoms with Gasteiger partial charge in [-0.3, -0.25) is 14.6 Å². The van der Waals surface area contributed by atoms with Gasteiger partial charge >= 0.3 is 6.18 Å². The number of benzene rings is 2. The smallest absolute Gasteiger partial charge is 0.335 e. The van der Waals surface area contributed by atoms with Crippen molar-refractivity contribution in [1.82, 2.24) is 14.8 Å². The fourth-order valence-corrected chi connectivity index (χ4v) is 4.01. The van der Waals surface area contributed by atoms with Crippen LogP contribution in [-0.4, -0.2) is 52.8 Å². The summed E-state index contributed by atoms with van der Waals surface area (Å²) in [4.78, 5) is 33.2. The maximum absolute atomic E-state index is 13.3. The molecule has 0 saturated carbocycles. The molecule has 0 aliphatic carbocycles. The lowest BCUT2D eigenvalue weighted by atomic mass is 10.0. The van der Waals surface area contributed by atoms with E-state index in [-0.39, 0.29) is 37.6 Å². The molecule has 2 aromatic carbocycles. The Hall–Kier alpha value is -3.13. The Kier molecular flexibility index (Phi) is 5.81. The third-order valence-corrected chi connectivity index (χ3v) is 5.75. The molecule has 0 atom stereocenters. The van der Waals surface area contributed by atoms with Crippen molar-refractivity contribution in [3.8, 4) is 0 Å². The molecule has 0 spiro atoms. The van der Waals surface area contributed by atoms with Crippen LogP contribution in [0.1, 0.15) is 32.0 Å². The van der Waals surface area contributed by atoms with E-state index in [0.717, 1.165) is 17.0 Å². The van der Waals surface area contributed by atoms with Gasteiger partial charge in [0.2, 0.25) is 0 Å². The largest absolute Gasteiger partial charge is 0.417 e. The number of hydrogen-bond acceptors (Lipinski definition) is 3. The second-order valence-corrected chi connectivity index (χ2v) is 8.02. The predicted octanol–water partition coefficient (Wildman–Crippen LogP) is 4.81. The summed E-state index contributed by atoms with van der Waals surface area (Å²) in [7, 11) is 0. The number of hydrogen-bond donors (Lipinski definition) is 0. The average Bonchev–Trinajstić information content (AvgIpc) is 2.77. The van der Waals surface area contributed by atoms with Crippen molar-refractivity contribution in [2.24, 2.45) is 0 Å². The van der Waals surface area contributed by atoms with Crippen LogP contribution in [-0.2, 0) is 6.18 Å². The van der Waals surface area contributed by atoms with Crippen molar-refractivity contribution in [2.75, 3.05) is 26.2 Å². The van der Waals surface area contributed by atoms with Crippen molar-refractivity contribution in [3.05, 3.63) is 75.9 Å². The van der Waals surface area contributed by atoms with E-state index < -0.39 is 17.6 Å². The number of nitrogens with zero attached hydrogens (tertiary/aromatic N) is 3. The van der Waals surface area contributed by atoms with E-state index in [1.54, 1.807) is 36.1 Å². The number of amides is 2. The van der Waals surface area contributed by atoms with E-state index in [1.165, 1.54) is 23.1 Å². The number of aryl methyl sites for hydroxylation is 1. The highest BCUT2D eigenvalue weighted by molar-refractivity contribution is 6.31. The van der Waals surface area contributed by atoms with Crippen LogP contribution >= 0.6 is 11.6 Å². The highest BCUT2D eigenvalue weighted by Gasteiger charge is 2.36. The van der Waals surface area contributed by atoms with E-state index in [2.05, 4.69) is 4.98 Å². The molecule has 166 valence electrons. The minimum atomic E-state index is -4.62. The third kappa shape index (κ3) is 4.27. The van der Waals surface area contributed by atoms with Crippen LogP contribution in [0.4, 0.5) is 13.2 Å². The maximum Gasteiger partial charge on any atom is 0.417 e. The highest BCUT2D eigenvalue weighted by Crippen LogP contribution is 2.32. The van der Waals surface area contributed by atoms with E-state index in [4.69, 9.17) is 11.6 Å². The molecule has 4 rings (SSSR count). The summed E-state index contributed by atoms with van der Waals surface area (Å²) in [6.07, 6.45) is -4.62. The normalized spacial score (nSPS) is 14.7. The Labute approximate surface area is 187 Å². The first-order valence-electron chi connectivity index (χ1n) is 9.97. The minimum Gasteiger partial charge on any atom is -0.335 e. The van der Waals surface area contributed by atoms with Crippen LogP contribution < -0.4 is 0 Å². The van der Waals surface area contributed by atoms with Gasteiger partial charge in [0.15, 0.2) is 0 Å². The molecular formula is C23H19ClF3N3O2. The molecular weight excluding hydrogens is 443 g/mol. The molecule has 0 unspecified atom stereocenters. The van der Waals surface area contributed by atoms with Crippen LogP contribution in [0.5, 0.6) is 0 Å². The van der Waals surface area contributed by atoms with Gasteiger partial charge in [-0.2, -0.15) is 13.2 Å². The lowest BCUT2D eigenvalue weighted by Crippen LogP contribution is -2.51. The maximum atomic E-state index is 13.3. The number of aromatic nitrogens is 1. The second-order valence-electron chi connectivity index (χ2n) is 7.59. The highest BCUT2D eigenvalue weighted by atomic mass is 35.5. The molecule has 1 aromatic heterocycles. The van der Waals surface area contributed by atoms with Gasteiger partial charge in [-0.15, -0.1) is 0 Å². The Bertz CT molecular complexity index is 1200. The first-order chi connectivity index (χ1) is 15.1. The lowest BCUT2D eigenvalue weighted by molar-refractivity contribution is -0.138. The SMILES string of the molecule is Cc1nc2ccc(Cl)cc2cc1C(=O)N1CCN(C(=O)c2ccccc2C(F)(F)F)CC1. The topological polar surface area (TPSA) is 53.5 Å². The predicted molar refractivity (Wildman–Crippen MR) is 115 cm³/mol. The second kappa shape index (κ2) is 8.43. The quantitative estimate of drug-likeness (QED) is 0.550. The molecule has 0 bridgehead atoms. The Morgan fingerprint density at radius 2 is 1.50 bits per heavy atom. The minimum absolute atomic E-state index is 0.142. The summed E-state index contributed by atoms with van der Waals surface area (Å²) < 4.78 is 39.8. The third-order valence-electron chi connectivity index (χ3n) is 5.51. The zero-order chi connectivity index (χ0) is 23.0. The van der Waals surface area contributed by atoms with Crippen molar-refractivity contribution in [2.45, 2.75) is 13.1 Å². The van der Waals surface area contributed by atoms with E-state index in [9.17, 15) is 22.8 Å². The van der Waals surface area contributed by atoms with Crippen LogP contribution in [0.3, 0.4) is 0 Å².